The molecule has 6 rings (SSSR count). The maximum atomic E-state index is 14.6. The van der Waals surface area contributed by atoms with E-state index in [0.29, 0.717) is 53.7 Å². The quantitative estimate of drug-likeness (QED) is 0.279. The van der Waals surface area contributed by atoms with Crippen molar-refractivity contribution in [1.82, 2.24) is 4.98 Å². The standard InChI is InChI=1S/C31H29FN2O7S/c1-37-25-17-28-39-19-31(18-25,41-28)22-14-23(32)16-24(15-22)38-13-5-8-27-34-29(20-6-3-2-4-7-20)30(40-27)21-9-11-26(12-10-21)42(33,35)36/h2-12,14-16,25,28H,13,17-19H2,1H3,(H2,33,35,36)/b8-5-/t25-,28-,31-/m1/s1. The summed E-state index contributed by atoms with van der Waals surface area (Å²) in [5.41, 5.74) is 1.91. The molecule has 0 unspecified atom stereocenters. The molecule has 1 aromatic heterocycles. The number of ether oxygens (including phenoxy) is 4. The molecular weight excluding hydrogens is 563 g/mol. The van der Waals surface area contributed by atoms with Gasteiger partial charge in [-0.05, 0) is 48.0 Å². The van der Waals surface area contributed by atoms with E-state index in [1.807, 2.05) is 30.3 Å². The van der Waals surface area contributed by atoms with Crippen molar-refractivity contribution < 1.29 is 36.2 Å². The molecule has 2 N–H and O–H groups in total. The van der Waals surface area contributed by atoms with E-state index in [9.17, 15) is 12.8 Å². The van der Waals surface area contributed by atoms with Gasteiger partial charge in [-0.1, -0.05) is 30.3 Å². The fraction of sp³-hybridized carbons (Fsp3) is 0.258. The van der Waals surface area contributed by atoms with E-state index in [2.05, 4.69) is 4.98 Å². The zero-order valence-corrected chi connectivity index (χ0v) is 23.6. The van der Waals surface area contributed by atoms with Gasteiger partial charge in [-0.2, -0.15) is 0 Å². The molecule has 3 aromatic carbocycles. The molecule has 2 aliphatic rings. The molecule has 42 heavy (non-hydrogen) atoms. The molecule has 0 aliphatic carbocycles. The van der Waals surface area contributed by atoms with Crippen LogP contribution in [0.15, 0.2) is 88.2 Å². The Balaban J connectivity index is 1.21. The maximum absolute atomic E-state index is 14.6. The largest absolute Gasteiger partial charge is 0.489 e. The highest BCUT2D eigenvalue weighted by Gasteiger charge is 2.49. The summed E-state index contributed by atoms with van der Waals surface area (Å²) in [7, 11) is -2.18. The van der Waals surface area contributed by atoms with Crippen LogP contribution in [0.1, 0.15) is 24.3 Å². The molecule has 0 amide bonds. The Morgan fingerprint density at radius 2 is 1.88 bits per heavy atom. The molecule has 3 heterocycles. The van der Waals surface area contributed by atoms with Gasteiger partial charge in [-0.15, -0.1) is 0 Å². The number of sulfonamides is 1. The first-order valence-corrected chi connectivity index (χ1v) is 14.9. The average Bonchev–Trinajstić information content (AvgIpc) is 3.56. The van der Waals surface area contributed by atoms with Crippen molar-refractivity contribution >= 4 is 16.1 Å². The smallest absolute Gasteiger partial charge is 0.238 e. The Hall–Kier alpha value is -3.87. The Morgan fingerprint density at radius 1 is 1.10 bits per heavy atom. The van der Waals surface area contributed by atoms with E-state index in [1.54, 1.807) is 37.5 Å². The molecule has 0 saturated carbocycles. The van der Waals surface area contributed by atoms with Crippen LogP contribution in [-0.4, -0.2) is 46.1 Å². The lowest BCUT2D eigenvalue weighted by Crippen LogP contribution is -2.39. The van der Waals surface area contributed by atoms with E-state index in [0.717, 1.165) is 5.56 Å². The highest BCUT2D eigenvalue weighted by Crippen LogP contribution is 2.45. The lowest BCUT2D eigenvalue weighted by Gasteiger charge is -2.35. The number of benzene rings is 3. The predicted molar refractivity (Wildman–Crippen MR) is 152 cm³/mol. The van der Waals surface area contributed by atoms with Crippen molar-refractivity contribution in [2.75, 3.05) is 20.3 Å². The van der Waals surface area contributed by atoms with E-state index in [1.165, 1.54) is 24.3 Å². The highest BCUT2D eigenvalue weighted by molar-refractivity contribution is 7.89. The molecule has 11 heteroatoms. The number of nitrogens with two attached hydrogens (primary N) is 1. The van der Waals surface area contributed by atoms with Crippen LogP contribution in [-0.2, 0) is 29.8 Å². The van der Waals surface area contributed by atoms with E-state index < -0.39 is 21.4 Å². The summed E-state index contributed by atoms with van der Waals surface area (Å²) in [6, 6.07) is 20.1. The minimum absolute atomic E-state index is 0.00163. The summed E-state index contributed by atoms with van der Waals surface area (Å²) in [5.74, 6) is 0.697. The SMILES string of the molecule is CO[C@@H]1C[C@@H]2OC[C@@](c3cc(F)cc(OC/C=C\c4nc(-c5ccccc5)c(-c5ccc(S(N)(=O)=O)cc5)o4)c3)(C1)O2. The molecule has 2 aliphatic heterocycles. The van der Waals surface area contributed by atoms with Gasteiger partial charge in [0, 0.05) is 43.2 Å². The first-order chi connectivity index (χ1) is 20.2. The van der Waals surface area contributed by atoms with Crippen LogP contribution in [0, 0.1) is 5.82 Å². The van der Waals surface area contributed by atoms with Crippen molar-refractivity contribution in [2.45, 2.75) is 35.7 Å². The number of methoxy groups -OCH3 is 1. The normalized spacial score (nSPS) is 22.1. The molecule has 2 fully saturated rings. The lowest BCUT2D eigenvalue weighted by molar-refractivity contribution is -0.162. The predicted octanol–water partition coefficient (Wildman–Crippen LogP) is 5.26. The van der Waals surface area contributed by atoms with Gasteiger partial charge in [0.15, 0.2) is 12.1 Å². The van der Waals surface area contributed by atoms with Gasteiger partial charge in [0.05, 0.1) is 17.6 Å². The van der Waals surface area contributed by atoms with Crippen LogP contribution in [0.25, 0.3) is 28.7 Å². The summed E-state index contributed by atoms with van der Waals surface area (Å²) in [6.07, 6.45) is 4.15. The number of hydrogen-bond donors (Lipinski definition) is 1. The minimum Gasteiger partial charge on any atom is -0.489 e. The van der Waals surface area contributed by atoms with Gasteiger partial charge in [0.2, 0.25) is 15.9 Å². The summed E-state index contributed by atoms with van der Waals surface area (Å²) >= 11 is 0. The van der Waals surface area contributed by atoms with Crippen molar-refractivity contribution in [3.63, 3.8) is 0 Å². The molecule has 2 saturated heterocycles. The monoisotopic (exact) mass is 592 g/mol. The second-order valence-corrected chi connectivity index (χ2v) is 11.8. The molecule has 2 bridgehead atoms. The van der Waals surface area contributed by atoms with Gasteiger partial charge >= 0.3 is 0 Å². The van der Waals surface area contributed by atoms with Crippen LogP contribution in [0.4, 0.5) is 4.39 Å². The zero-order valence-electron chi connectivity index (χ0n) is 22.7. The molecule has 218 valence electrons. The number of halogens is 1. The van der Waals surface area contributed by atoms with E-state index >= 15 is 0 Å². The summed E-state index contributed by atoms with van der Waals surface area (Å²) < 4.78 is 67.3. The second kappa shape index (κ2) is 11.4. The molecule has 3 atom stereocenters. The van der Waals surface area contributed by atoms with E-state index in [-0.39, 0.29) is 23.9 Å². The van der Waals surface area contributed by atoms with Crippen molar-refractivity contribution in [3.05, 3.63) is 96.1 Å². The third-order valence-corrected chi connectivity index (χ3v) is 8.27. The van der Waals surface area contributed by atoms with Crippen molar-refractivity contribution in [1.29, 1.82) is 0 Å². The number of oxazole rings is 1. The fourth-order valence-electron chi connectivity index (χ4n) is 5.28. The number of rotatable bonds is 9. The molecule has 0 radical (unpaired) electrons. The minimum atomic E-state index is -3.83. The van der Waals surface area contributed by atoms with Gasteiger partial charge in [0.1, 0.15) is 29.5 Å². The van der Waals surface area contributed by atoms with E-state index in [4.69, 9.17) is 28.5 Å². The van der Waals surface area contributed by atoms with Crippen LogP contribution in [0.5, 0.6) is 5.75 Å². The average molecular weight is 593 g/mol. The van der Waals surface area contributed by atoms with Gasteiger partial charge < -0.3 is 23.4 Å². The van der Waals surface area contributed by atoms with Crippen LogP contribution in [0.2, 0.25) is 0 Å². The number of primary sulfonamides is 1. The van der Waals surface area contributed by atoms with Gasteiger partial charge in [0.25, 0.3) is 0 Å². The fourth-order valence-corrected chi connectivity index (χ4v) is 5.79. The Morgan fingerprint density at radius 3 is 2.62 bits per heavy atom. The van der Waals surface area contributed by atoms with Crippen molar-refractivity contribution in [2.24, 2.45) is 5.14 Å². The second-order valence-electron chi connectivity index (χ2n) is 10.2. The highest BCUT2D eigenvalue weighted by atomic mass is 32.2. The number of hydrogen-bond acceptors (Lipinski definition) is 8. The number of fused-ring (bicyclic) bond motifs is 2. The Labute approximate surface area is 242 Å². The third-order valence-electron chi connectivity index (χ3n) is 7.35. The van der Waals surface area contributed by atoms with Crippen LogP contribution >= 0.6 is 0 Å². The maximum Gasteiger partial charge on any atom is 0.238 e. The first-order valence-electron chi connectivity index (χ1n) is 13.3. The summed E-state index contributed by atoms with van der Waals surface area (Å²) in [4.78, 5) is 4.65. The molecule has 9 nitrogen and oxygen atoms in total. The van der Waals surface area contributed by atoms with Crippen LogP contribution < -0.4 is 9.88 Å². The Bertz CT molecular complexity index is 1710. The van der Waals surface area contributed by atoms with Gasteiger partial charge in [-0.3, -0.25) is 0 Å². The summed E-state index contributed by atoms with van der Waals surface area (Å²) in [5, 5.41) is 5.24. The number of nitrogens with zero attached hydrogens (tertiary/aromatic N) is 1. The van der Waals surface area contributed by atoms with Crippen LogP contribution in [0.3, 0.4) is 0 Å². The topological polar surface area (TPSA) is 123 Å². The lowest BCUT2D eigenvalue weighted by atomic mass is 9.86. The molecule has 4 aromatic rings. The summed E-state index contributed by atoms with van der Waals surface area (Å²) in [6.45, 7) is 0.444. The number of aromatic nitrogens is 1. The first kappa shape index (κ1) is 28.3. The van der Waals surface area contributed by atoms with Gasteiger partial charge in [-0.25, -0.2) is 22.9 Å². The van der Waals surface area contributed by atoms with Crippen molar-refractivity contribution in [3.8, 4) is 28.3 Å². The Kier molecular flexibility index (Phi) is 7.69. The zero-order chi connectivity index (χ0) is 29.3. The third kappa shape index (κ3) is 5.87. The molecular formula is C31H29FN2O7S. The molecule has 0 spiro atoms.